The zero-order chi connectivity index (χ0) is 20.2. The molecule has 3 aromatic carbocycles. The molecule has 0 bridgehead atoms. The Balaban J connectivity index is 1.61. The van der Waals surface area contributed by atoms with Crippen molar-refractivity contribution in [3.05, 3.63) is 105 Å². The summed E-state index contributed by atoms with van der Waals surface area (Å²) < 4.78 is 2.05. The number of para-hydroxylation sites is 3. The molecule has 1 amide bonds. The summed E-state index contributed by atoms with van der Waals surface area (Å²) in [6, 6.07) is 25.1. The van der Waals surface area contributed by atoms with Gasteiger partial charge in [-0.25, -0.2) is 9.38 Å². The molecule has 0 radical (unpaired) electrons. The van der Waals surface area contributed by atoms with Crippen LogP contribution < -0.4 is 15.0 Å². The van der Waals surface area contributed by atoms with Crippen molar-refractivity contribution in [2.24, 2.45) is 0 Å². The van der Waals surface area contributed by atoms with Gasteiger partial charge in [0, 0.05) is 5.56 Å². The maximum absolute atomic E-state index is 13.5. The van der Waals surface area contributed by atoms with E-state index in [1.165, 1.54) is 11.3 Å². The Morgan fingerprint density at radius 3 is 2.43 bits per heavy atom. The predicted octanol–water partition coefficient (Wildman–Crippen LogP) is 3.37. The summed E-state index contributed by atoms with van der Waals surface area (Å²) >= 11 is 1.28. The Morgan fingerprint density at radius 1 is 0.833 bits per heavy atom. The van der Waals surface area contributed by atoms with E-state index < -0.39 is 0 Å². The molecule has 0 atom stereocenters. The van der Waals surface area contributed by atoms with Crippen LogP contribution in [-0.4, -0.2) is 15.3 Å². The standard InChI is InChI=1S/C24H15N3O2S/c28-22-20(21-23(29)27-19-13-7-5-11-17(19)25-24(27)30-21)16-10-4-6-12-18(16)26(22)14-15-8-2-1-3-9-15/h1-13H,14H2/b21-20-. The number of carbonyl (C=O) groups excluding carboxylic acids is 1. The SMILES string of the molecule is O=C1/C(=c2\sc3nc4ccccc4n3c2=O)c2ccccc2N1Cc1ccccc1. The van der Waals surface area contributed by atoms with E-state index in [9.17, 15) is 9.59 Å². The van der Waals surface area contributed by atoms with Crippen LogP contribution in [-0.2, 0) is 11.3 Å². The molecular weight excluding hydrogens is 394 g/mol. The van der Waals surface area contributed by atoms with E-state index in [1.807, 2.05) is 78.9 Å². The molecule has 1 aliphatic heterocycles. The number of hydrogen-bond acceptors (Lipinski definition) is 4. The number of rotatable bonds is 2. The van der Waals surface area contributed by atoms with Gasteiger partial charge in [-0.2, -0.15) is 0 Å². The molecule has 144 valence electrons. The minimum Gasteiger partial charge on any atom is -0.303 e. The van der Waals surface area contributed by atoms with Gasteiger partial charge in [0.15, 0.2) is 4.96 Å². The van der Waals surface area contributed by atoms with Crippen molar-refractivity contribution < 1.29 is 4.79 Å². The molecule has 6 rings (SSSR count). The average molecular weight is 409 g/mol. The quantitative estimate of drug-likeness (QED) is 0.449. The number of anilines is 1. The van der Waals surface area contributed by atoms with Crippen LogP contribution in [0.3, 0.4) is 0 Å². The summed E-state index contributed by atoms with van der Waals surface area (Å²) in [4.78, 5) is 33.8. The second-order valence-corrected chi connectivity index (χ2v) is 8.20. The Labute approximate surface area is 175 Å². The van der Waals surface area contributed by atoms with Gasteiger partial charge in [-0.3, -0.25) is 9.59 Å². The van der Waals surface area contributed by atoms with Gasteiger partial charge in [-0.15, -0.1) is 0 Å². The molecule has 0 unspecified atom stereocenters. The highest BCUT2D eigenvalue weighted by molar-refractivity contribution is 7.15. The maximum Gasteiger partial charge on any atom is 0.275 e. The second-order valence-electron chi connectivity index (χ2n) is 7.22. The molecular formula is C24H15N3O2S. The lowest BCUT2D eigenvalue weighted by molar-refractivity contribution is -0.113. The molecule has 0 saturated heterocycles. The lowest BCUT2D eigenvalue weighted by atomic mass is 10.1. The summed E-state index contributed by atoms with van der Waals surface area (Å²) in [5.41, 5.74) is 4.48. The molecule has 3 heterocycles. The van der Waals surface area contributed by atoms with Crippen LogP contribution >= 0.6 is 11.3 Å². The molecule has 0 spiro atoms. The Hall–Kier alpha value is -3.77. The summed E-state index contributed by atoms with van der Waals surface area (Å²) in [5.74, 6) is -0.147. The van der Waals surface area contributed by atoms with Crippen molar-refractivity contribution in [3.8, 4) is 0 Å². The number of nitrogens with zero attached hydrogens (tertiary/aromatic N) is 3. The van der Waals surface area contributed by atoms with Gasteiger partial charge in [0.2, 0.25) is 0 Å². The van der Waals surface area contributed by atoms with E-state index >= 15 is 0 Å². The number of amides is 1. The Kier molecular flexibility index (Phi) is 3.63. The summed E-state index contributed by atoms with van der Waals surface area (Å²) in [5, 5.41) is 0. The molecule has 0 N–H and O–H groups in total. The molecule has 5 nitrogen and oxygen atoms in total. The first-order valence-electron chi connectivity index (χ1n) is 9.62. The summed E-state index contributed by atoms with van der Waals surface area (Å²) in [7, 11) is 0. The van der Waals surface area contributed by atoms with Crippen molar-refractivity contribution in [1.29, 1.82) is 0 Å². The van der Waals surface area contributed by atoms with E-state index in [2.05, 4.69) is 4.98 Å². The first-order valence-corrected chi connectivity index (χ1v) is 10.4. The lowest BCUT2D eigenvalue weighted by Crippen LogP contribution is -2.31. The number of thiazole rings is 1. The third kappa shape index (κ3) is 2.37. The normalized spacial score (nSPS) is 15.3. The van der Waals surface area contributed by atoms with Gasteiger partial charge >= 0.3 is 0 Å². The maximum atomic E-state index is 13.5. The third-order valence-corrected chi connectivity index (χ3v) is 6.49. The Morgan fingerprint density at radius 2 is 1.57 bits per heavy atom. The van der Waals surface area contributed by atoms with Crippen LogP contribution in [0.2, 0.25) is 0 Å². The van der Waals surface area contributed by atoms with Gasteiger partial charge in [-0.05, 0) is 23.8 Å². The van der Waals surface area contributed by atoms with Crippen molar-refractivity contribution in [2.45, 2.75) is 6.54 Å². The number of carbonyl (C=O) groups is 1. The fraction of sp³-hybridized carbons (Fsp3) is 0.0417. The van der Waals surface area contributed by atoms with Crippen LogP contribution in [0.15, 0.2) is 83.7 Å². The van der Waals surface area contributed by atoms with Crippen LogP contribution in [0.4, 0.5) is 5.69 Å². The minimum atomic E-state index is -0.191. The van der Waals surface area contributed by atoms with Gasteiger partial charge < -0.3 is 4.90 Å². The molecule has 2 aromatic heterocycles. The number of hydrogen-bond donors (Lipinski definition) is 0. The van der Waals surface area contributed by atoms with Gasteiger partial charge in [0.25, 0.3) is 11.5 Å². The largest absolute Gasteiger partial charge is 0.303 e. The molecule has 30 heavy (non-hydrogen) atoms. The van der Waals surface area contributed by atoms with Gasteiger partial charge in [-0.1, -0.05) is 72.0 Å². The summed E-state index contributed by atoms with van der Waals surface area (Å²) in [6.45, 7) is 0.458. The highest BCUT2D eigenvalue weighted by Crippen LogP contribution is 2.36. The van der Waals surface area contributed by atoms with Crippen LogP contribution in [0.1, 0.15) is 11.1 Å². The molecule has 0 aliphatic carbocycles. The monoisotopic (exact) mass is 409 g/mol. The topological polar surface area (TPSA) is 54.7 Å². The lowest BCUT2D eigenvalue weighted by Gasteiger charge is -2.17. The summed E-state index contributed by atoms with van der Waals surface area (Å²) in [6.07, 6.45) is 0. The number of fused-ring (bicyclic) bond motifs is 4. The smallest absolute Gasteiger partial charge is 0.275 e. The number of aromatic nitrogens is 2. The van der Waals surface area contributed by atoms with E-state index in [-0.39, 0.29) is 11.5 Å². The third-order valence-electron chi connectivity index (χ3n) is 5.45. The van der Waals surface area contributed by atoms with Crippen molar-refractivity contribution in [1.82, 2.24) is 9.38 Å². The van der Waals surface area contributed by atoms with Gasteiger partial charge in [0.1, 0.15) is 4.53 Å². The Bertz CT molecular complexity index is 1570. The van der Waals surface area contributed by atoms with Crippen LogP contribution in [0.25, 0.3) is 21.6 Å². The zero-order valence-electron chi connectivity index (χ0n) is 15.8. The first-order chi connectivity index (χ1) is 14.7. The molecule has 6 heteroatoms. The molecule has 1 aliphatic rings. The van der Waals surface area contributed by atoms with Crippen molar-refractivity contribution in [3.63, 3.8) is 0 Å². The van der Waals surface area contributed by atoms with Crippen LogP contribution in [0.5, 0.6) is 0 Å². The fourth-order valence-corrected chi connectivity index (χ4v) is 5.16. The van der Waals surface area contributed by atoms with E-state index in [0.29, 0.717) is 21.6 Å². The van der Waals surface area contributed by atoms with Gasteiger partial charge in [0.05, 0.1) is 28.8 Å². The predicted molar refractivity (Wildman–Crippen MR) is 119 cm³/mol. The first kappa shape index (κ1) is 17.1. The van der Waals surface area contributed by atoms with Crippen LogP contribution in [0, 0.1) is 0 Å². The number of benzene rings is 3. The highest BCUT2D eigenvalue weighted by Gasteiger charge is 2.34. The fourth-order valence-electron chi connectivity index (χ4n) is 4.09. The highest BCUT2D eigenvalue weighted by atomic mass is 32.1. The van der Waals surface area contributed by atoms with E-state index in [0.717, 1.165) is 27.8 Å². The minimum absolute atomic E-state index is 0.147. The average Bonchev–Trinajstić information content (AvgIpc) is 3.38. The van der Waals surface area contributed by atoms with Crippen molar-refractivity contribution >= 4 is 44.5 Å². The van der Waals surface area contributed by atoms with Crippen molar-refractivity contribution in [2.75, 3.05) is 4.90 Å². The van der Waals surface area contributed by atoms with E-state index in [4.69, 9.17) is 0 Å². The molecule has 0 saturated carbocycles. The number of imidazole rings is 1. The van der Waals surface area contributed by atoms with E-state index in [1.54, 1.807) is 9.30 Å². The molecule has 5 aromatic rings. The zero-order valence-corrected chi connectivity index (χ0v) is 16.6. The molecule has 0 fully saturated rings. The second kappa shape index (κ2) is 6.37.